The Morgan fingerprint density at radius 2 is 1.82 bits per heavy atom. The molecule has 3 aromatic heterocycles. The number of thiazole rings is 1. The maximum atomic E-state index is 13.1. The molecule has 0 saturated heterocycles. The summed E-state index contributed by atoms with van der Waals surface area (Å²) in [4.78, 5) is 20.7. The third-order valence-corrected chi connectivity index (χ3v) is 7.47. The summed E-state index contributed by atoms with van der Waals surface area (Å²) in [6.07, 6.45) is 4.41. The topological polar surface area (TPSA) is 60.0 Å². The molecule has 6 rings (SSSR count). The summed E-state index contributed by atoms with van der Waals surface area (Å²) in [6, 6.07) is 28.4. The Hall–Kier alpha value is -4.20. The van der Waals surface area contributed by atoms with Crippen molar-refractivity contribution in [3.8, 4) is 11.3 Å². The van der Waals surface area contributed by atoms with Crippen LogP contribution in [-0.2, 0) is 29.1 Å². The predicted molar refractivity (Wildman–Crippen MR) is 150 cm³/mol. The molecule has 0 saturated carbocycles. The third-order valence-electron chi connectivity index (χ3n) is 6.58. The number of benzene rings is 3. The van der Waals surface area contributed by atoms with Gasteiger partial charge in [-0.2, -0.15) is 0 Å². The highest BCUT2D eigenvalue weighted by molar-refractivity contribution is 7.15. The van der Waals surface area contributed by atoms with Crippen molar-refractivity contribution < 1.29 is 13.9 Å². The number of hydrogen-bond acceptors (Lipinski definition) is 5. The Balaban J connectivity index is 1.16. The van der Waals surface area contributed by atoms with E-state index in [-0.39, 0.29) is 12.5 Å². The van der Waals surface area contributed by atoms with Crippen LogP contribution in [0, 0.1) is 0 Å². The summed E-state index contributed by atoms with van der Waals surface area (Å²) in [7, 11) is 0. The highest BCUT2D eigenvalue weighted by Gasteiger charge is 2.18. The Morgan fingerprint density at radius 1 is 0.974 bits per heavy atom. The van der Waals surface area contributed by atoms with Gasteiger partial charge in [-0.25, -0.2) is 4.98 Å². The first-order valence-corrected chi connectivity index (χ1v) is 13.5. The molecule has 0 radical (unpaired) electrons. The molecular weight excluding hydrogens is 494 g/mol. The van der Waals surface area contributed by atoms with Crippen LogP contribution in [0.3, 0.4) is 0 Å². The molecule has 0 aliphatic carbocycles. The summed E-state index contributed by atoms with van der Waals surface area (Å²) in [6.45, 7) is 1.37. The largest absolute Gasteiger partial charge is 0.467 e. The monoisotopic (exact) mass is 521 g/mol. The van der Waals surface area contributed by atoms with Gasteiger partial charge < -0.3 is 14.1 Å². The first-order valence-electron chi connectivity index (χ1n) is 12.6. The first kappa shape index (κ1) is 24.2. The van der Waals surface area contributed by atoms with Crippen LogP contribution < -0.4 is 0 Å². The van der Waals surface area contributed by atoms with E-state index in [1.54, 1.807) is 22.5 Å². The Morgan fingerprint density at radius 3 is 2.66 bits per heavy atom. The zero-order valence-electron chi connectivity index (χ0n) is 20.8. The molecule has 6 nitrogen and oxygen atoms in total. The van der Waals surface area contributed by atoms with E-state index in [1.807, 2.05) is 42.5 Å². The van der Waals surface area contributed by atoms with Crippen molar-refractivity contribution in [2.45, 2.75) is 19.6 Å². The van der Waals surface area contributed by atoms with Crippen molar-refractivity contribution in [3.05, 3.63) is 120 Å². The van der Waals surface area contributed by atoms with E-state index in [4.69, 9.17) is 14.1 Å². The average Bonchev–Trinajstić information content (AvgIpc) is 3.70. The lowest BCUT2D eigenvalue weighted by atomic mass is 10.1. The molecule has 0 fully saturated rings. The van der Waals surface area contributed by atoms with Crippen molar-refractivity contribution in [2.24, 2.45) is 0 Å². The second-order valence-electron chi connectivity index (χ2n) is 9.19. The molecule has 0 aliphatic heterocycles. The summed E-state index contributed by atoms with van der Waals surface area (Å²) in [5.74, 6) is 0.685. The standard InChI is InChI=1S/C31H27N3O3S/c35-30(21-36-20-23-7-2-1-3-8-23)33(18-28-11-6-16-37-28)15-14-27-22-38-31-32-29(19-34(27)31)26-13-12-24-9-4-5-10-25(24)17-26/h1-13,16-17,19,22H,14-15,18,20-21H2. The quantitative estimate of drug-likeness (QED) is 0.204. The summed E-state index contributed by atoms with van der Waals surface area (Å²) in [5, 5.41) is 4.53. The van der Waals surface area contributed by atoms with Gasteiger partial charge in [0.05, 0.1) is 25.1 Å². The fourth-order valence-electron chi connectivity index (χ4n) is 4.55. The van der Waals surface area contributed by atoms with Crippen LogP contribution in [0.4, 0.5) is 0 Å². The third kappa shape index (κ3) is 5.39. The minimum Gasteiger partial charge on any atom is -0.467 e. The number of furan rings is 1. The molecule has 0 aliphatic rings. The van der Waals surface area contributed by atoms with Crippen LogP contribution in [0.15, 0.2) is 107 Å². The van der Waals surface area contributed by atoms with Crippen LogP contribution in [0.1, 0.15) is 17.0 Å². The van der Waals surface area contributed by atoms with E-state index in [2.05, 4.69) is 58.4 Å². The number of rotatable bonds is 10. The van der Waals surface area contributed by atoms with Crippen molar-refractivity contribution in [2.75, 3.05) is 13.2 Å². The number of hydrogen-bond donors (Lipinski definition) is 0. The smallest absolute Gasteiger partial charge is 0.249 e. The van der Waals surface area contributed by atoms with E-state index in [9.17, 15) is 4.79 Å². The van der Waals surface area contributed by atoms with Gasteiger partial charge in [0.1, 0.15) is 12.4 Å². The molecule has 6 aromatic rings. The zero-order chi connectivity index (χ0) is 25.7. The van der Waals surface area contributed by atoms with Gasteiger partial charge in [0, 0.05) is 35.8 Å². The number of nitrogens with zero attached hydrogens (tertiary/aromatic N) is 3. The number of carbonyl (C=O) groups is 1. The molecule has 0 spiro atoms. The second-order valence-corrected chi connectivity index (χ2v) is 10.0. The van der Waals surface area contributed by atoms with Crippen LogP contribution in [-0.4, -0.2) is 33.3 Å². The van der Waals surface area contributed by atoms with Gasteiger partial charge in [0.15, 0.2) is 4.96 Å². The highest BCUT2D eigenvalue weighted by atomic mass is 32.1. The lowest BCUT2D eigenvalue weighted by Gasteiger charge is -2.21. The number of ether oxygens (including phenoxy) is 1. The zero-order valence-corrected chi connectivity index (χ0v) is 21.6. The van der Waals surface area contributed by atoms with Crippen molar-refractivity contribution in [1.29, 1.82) is 0 Å². The van der Waals surface area contributed by atoms with Crippen LogP contribution >= 0.6 is 11.3 Å². The van der Waals surface area contributed by atoms with Crippen molar-refractivity contribution in [3.63, 3.8) is 0 Å². The van der Waals surface area contributed by atoms with Gasteiger partial charge in [-0.1, -0.05) is 66.7 Å². The predicted octanol–water partition coefficient (Wildman–Crippen LogP) is 6.60. The summed E-state index contributed by atoms with van der Waals surface area (Å²) < 4.78 is 13.4. The van der Waals surface area contributed by atoms with Gasteiger partial charge in [0.2, 0.25) is 5.91 Å². The molecular formula is C31H27N3O3S. The molecule has 0 unspecified atom stereocenters. The minimum absolute atomic E-state index is 0.0197. The second kappa shape index (κ2) is 11.0. The van der Waals surface area contributed by atoms with Gasteiger partial charge in [-0.15, -0.1) is 11.3 Å². The number of amides is 1. The molecule has 0 atom stereocenters. The van der Waals surface area contributed by atoms with E-state index in [1.165, 1.54) is 10.8 Å². The number of imidazole rings is 1. The minimum atomic E-state index is -0.0636. The van der Waals surface area contributed by atoms with E-state index >= 15 is 0 Å². The van der Waals surface area contributed by atoms with E-state index in [0.717, 1.165) is 33.2 Å². The molecule has 3 heterocycles. The molecule has 3 aromatic carbocycles. The number of fused-ring (bicyclic) bond motifs is 2. The normalized spacial score (nSPS) is 11.4. The summed E-state index contributed by atoms with van der Waals surface area (Å²) >= 11 is 1.62. The van der Waals surface area contributed by atoms with E-state index < -0.39 is 0 Å². The van der Waals surface area contributed by atoms with Crippen molar-refractivity contribution in [1.82, 2.24) is 14.3 Å². The fraction of sp³-hybridized carbons (Fsp3) is 0.161. The highest BCUT2D eigenvalue weighted by Crippen LogP contribution is 2.27. The number of carbonyl (C=O) groups excluding carboxylic acids is 1. The van der Waals surface area contributed by atoms with Gasteiger partial charge in [-0.05, 0) is 34.5 Å². The molecule has 38 heavy (non-hydrogen) atoms. The van der Waals surface area contributed by atoms with Gasteiger partial charge >= 0.3 is 0 Å². The lowest BCUT2D eigenvalue weighted by Crippen LogP contribution is -2.35. The van der Waals surface area contributed by atoms with Crippen molar-refractivity contribution >= 4 is 33.0 Å². The van der Waals surface area contributed by atoms with Crippen LogP contribution in [0.5, 0.6) is 0 Å². The first-order chi connectivity index (χ1) is 18.7. The van der Waals surface area contributed by atoms with E-state index in [0.29, 0.717) is 26.1 Å². The Bertz CT molecular complexity index is 1650. The summed E-state index contributed by atoms with van der Waals surface area (Å²) in [5.41, 5.74) is 4.20. The molecule has 7 heteroatoms. The molecule has 190 valence electrons. The molecule has 0 bridgehead atoms. The maximum Gasteiger partial charge on any atom is 0.249 e. The molecule has 0 N–H and O–H groups in total. The van der Waals surface area contributed by atoms with Gasteiger partial charge in [-0.3, -0.25) is 9.20 Å². The Kier molecular flexibility index (Phi) is 7.02. The lowest BCUT2D eigenvalue weighted by molar-refractivity contribution is -0.137. The maximum absolute atomic E-state index is 13.1. The number of aromatic nitrogens is 2. The molecule has 1 amide bonds. The average molecular weight is 522 g/mol. The van der Waals surface area contributed by atoms with Crippen LogP contribution in [0.25, 0.3) is 27.0 Å². The van der Waals surface area contributed by atoms with Crippen LogP contribution in [0.2, 0.25) is 0 Å². The SMILES string of the molecule is O=C(COCc1ccccc1)N(CCc1csc2nc(-c3ccc4ccccc4c3)cn12)Cc1ccco1. The Labute approximate surface area is 224 Å². The fourth-order valence-corrected chi connectivity index (χ4v) is 5.46. The van der Waals surface area contributed by atoms with Gasteiger partial charge in [0.25, 0.3) is 0 Å².